The van der Waals surface area contributed by atoms with Crippen molar-refractivity contribution in [2.45, 2.75) is 259 Å². The highest BCUT2D eigenvalue weighted by Crippen LogP contribution is 2.74. The molecule has 1 aromatic rings. The second-order valence-electron chi connectivity index (χ2n) is 28.8. The van der Waals surface area contributed by atoms with Crippen LogP contribution in [0.1, 0.15) is 257 Å². The standard InChI is InChI=1S/C36H53NO2.C30H50O.CH4.B2H3/c1-24(2)11-9-12-25(3)27-16-20-36(8)29-14-15-30-33(4,5)31(39-32(38)26-13-10-22-37-23-26)18-19-34(30,6)28(29)17-21-35(27,36)7;1-20(2)10-9-11-21(3)22-14-18-30(8)24-12-13-25-27(4,5)26(31)16-17-28(25,6)23(24)15-19-29(22,30)7;;1-2/h10-11,13,22-23,25,27,30-31H,9,12,14-21H2,1-8H3;10,21-22,25-26,31H,9,11-19H2,1-8H3;1H4;1H3/q;;;-1/t25-,27-,30?,31+,34-,35-,36+;21-,22-,25?,26+,28-,29-,30+;;/m11../s1. The van der Waals surface area contributed by atoms with Crippen LogP contribution in [0.25, 0.3) is 0 Å². The number of pyridine rings is 1. The SMILES string of the molecule is C.CC(C)=CCC[C@@H](C)[C@H]1CC[C@@]2(C)C3=C(CC[C@]12C)[C@@]1(C)CC[C@H](O)C(C)(C)C1CC3.CC(C)=CCC[C@@H](C)[C@H]1CC[C@@]2(C)C3=C(CC[C@]12C)[C@@]1(C)CC[C@H](OC(=O)c2cccnc2)C(C)(C)C1CC3.[B][BH3-]. The highest BCUT2D eigenvalue weighted by molar-refractivity contribution is 6.75. The van der Waals surface area contributed by atoms with Crippen molar-refractivity contribution in [1.82, 2.24) is 4.98 Å². The van der Waals surface area contributed by atoms with Gasteiger partial charge in [-0.3, -0.25) is 4.98 Å². The third-order valence-electron chi connectivity index (χ3n) is 24.4. The largest absolute Gasteiger partial charge is 0.458 e. The summed E-state index contributed by atoms with van der Waals surface area (Å²) < 4.78 is 6.22. The summed E-state index contributed by atoms with van der Waals surface area (Å²) in [6, 6.07) is 3.62. The number of carbonyl (C=O) groups is 1. The molecule has 14 atom stereocenters. The summed E-state index contributed by atoms with van der Waals surface area (Å²) >= 11 is 0. The topological polar surface area (TPSA) is 59.4 Å². The molecule has 408 valence electrons. The van der Waals surface area contributed by atoms with Crippen LogP contribution in [-0.4, -0.2) is 43.7 Å². The summed E-state index contributed by atoms with van der Waals surface area (Å²) in [5.74, 6) is 4.25. The van der Waals surface area contributed by atoms with E-state index in [9.17, 15) is 9.90 Å². The molecular formula is C67H110B2NO3-. The van der Waals surface area contributed by atoms with Crippen molar-refractivity contribution >= 4 is 21.4 Å². The lowest BCUT2D eigenvalue weighted by molar-refractivity contribution is -0.104. The van der Waals surface area contributed by atoms with Gasteiger partial charge >= 0.3 is 5.97 Å². The molecule has 1 N–H and O–H groups in total. The number of ether oxygens (including phenoxy) is 1. The van der Waals surface area contributed by atoms with Crippen LogP contribution in [-0.2, 0) is 4.74 Å². The van der Waals surface area contributed by atoms with Crippen LogP contribution in [0.5, 0.6) is 0 Å². The number of hydrogen-bond donors (Lipinski definition) is 1. The van der Waals surface area contributed by atoms with Crippen molar-refractivity contribution in [3.05, 3.63) is 75.7 Å². The fourth-order valence-electron chi connectivity index (χ4n) is 19.8. The zero-order valence-corrected chi connectivity index (χ0v) is 48.5. The van der Waals surface area contributed by atoms with Gasteiger partial charge in [0.15, 0.2) is 0 Å². The van der Waals surface area contributed by atoms with E-state index in [1.807, 2.05) is 34.4 Å². The number of aliphatic hydroxyl groups excluding tert-OH is 1. The average Bonchev–Trinajstić information content (AvgIpc) is 3.78. The van der Waals surface area contributed by atoms with Gasteiger partial charge in [0.1, 0.15) is 6.10 Å². The monoisotopic (exact) mass is 999 g/mol. The Labute approximate surface area is 452 Å². The highest BCUT2D eigenvalue weighted by Gasteiger charge is 2.65. The predicted octanol–water partition coefficient (Wildman–Crippen LogP) is 17.3. The minimum atomic E-state index is -0.225. The number of allylic oxidation sites excluding steroid dienone is 8. The Hall–Kier alpha value is -2.33. The zero-order chi connectivity index (χ0) is 53.0. The van der Waals surface area contributed by atoms with E-state index >= 15 is 0 Å². The molecule has 1 aromatic heterocycles. The summed E-state index contributed by atoms with van der Waals surface area (Å²) in [6.07, 6.45) is 33.3. The number of rotatable bonds is 10. The summed E-state index contributed by atoms with van der Waals surface area (Å²) in [5.41, 5.74) is 13.0. The van der Waals surface area contributed by atoms with Gasteiger partial charge in [-0.05, 0) is 242 Å². The van der Waals surface area contributed by atoms with E-state index in [-0.39, 0.29) is 49.6 Å². The number of nitrogens with zero attached hydrogens (tertiary/aromatic N) is 1. The Morgan fingerprint density at radius 2 is 1.11 bits per heavy atom. The summed E-state index contributed by atoms with van der Waals surface area (Å²) in [7, 11) is 5.00. The zero-order valence-electron chi connectivity index (χ0n) is 48.5. The van der Waals surface area contributed by atoms with E-state index in [1.165, 1.54) is 120 Å². The minimum absolute atomic E-state index is 0. The van der Waals surface area contributed by atoms with Gasteiger partial charge in [0.2, 0.25) is 0 Å². The Kier molecular flexibility index (Phi) is 18.2. The van der Waals surface area contributed by atoms with Crippen LogP contribution >= 0.6 is 0 Å². The molecule has 4 nitrogen and oxygen atoms in total. The van der Waals surface area contributed by atoms with Crippen LogP contribution in [0.3, 0.4) is 0 Å². The number of carbonyl (C=O) groups excluding carboxylic acids is 1. The highest BCUT2D eigenvalue weighted by atomic mass is 16.5. The van der Waals surface area contributed by atoms with Gasteiger partial charge in [0.25, 0.3) is 0 Å². The molecule has 73 heavy (non-hydrogen) atoms. The summed E-state index contributed by atoms with van der Waals surface area (Å²) in [6.45, 7) is 39.3. The van der Waals surface area contributed by atoms with Crippen molar-refractivity contribution < 1.29 is 14.6 Å². The molecule has 0 bridgehead atoms. The molecule has 0 aliphatic heterocycles. The molecule has 4 saturated carbocycles. The van der Waals surface area contributed by atoms with E-state index in [0.29, 0.717) is 44.5 Å². The van der Waals surface area contributed by atoms with Crippen LogP contribution in [0.15, 0.2) is 70.1 Å². The first kappa shape index (κ1) is 59.9. The van der Waals surface area contributed by atoms with Crippen LogP contribution < -0.4 is 0 Å². The molecule has 0 saturated heterocycles. The summed E-state index contributed by atoms with van der Waals surface area (Å²) in [5, 5.41) is 10.8. The molecule has 0 aromatic carbocycles. The van der Waals surface area contributed by atoms with Crippen molar-refractivity contribution in [1.29, 1.82) is 0 Å². The molecule has 1 heterocycles. The second-order valence-corrected chi connectivity index (χ2v) is 28.8. The predicted molar refractivity (Wildman–Crippen MR) is 316 cm³/mol. The van der Waals surface area contributed by atoms with E-state index in [4.69, 9.17) is 12.5 Å². The van der Waals surface area contributed by atoms with Crippen LogP contribution in [0, 0.1) is 78.8 Å². The first-order chi connectivity index (χ1) is 33.7. The Bertz CT molecular complexity index is 2230. The van der Waals surface area contributed by atoms with Crippen LogP contribution in [0.2, 0.25) is 0 Å². The smallest absolute Gasteiger partial charge is 0.339 e. The first-order valence-corrected chi connectivity index (χ1v) is 29.2. The van der Waals surface area contributed by atoms with Crippen LogP contribution in [0.4, 0.5) is 0 Å². The van der Waals surface area contributed by atoms with E-state index in [1.54, 1.807) is 12.4 Å². The Morgan fingerprint density at radius 1 is 0.658 bits per heavy atom. The van der Waals surface area contributed by atoms with E-state index < -0.39 is 0 Å². The van der Waals surface area contributed by atoms with Crippen molar-refractivity contribution in [2.24, 2.45) is 78.8 Å². The molecule has 0 spiro atoms. The maximum atomic E-state index is 13.0. The van der Waals surface area contributed by atoms with Gasteiger partial charge in [0.05, 0.1) is 11.7 Å². The normalized spacial score (nSPS) is 39.3. The number of hydrogen-bond acceptors (Lipinski definition) is 4. The minimum Gasteiger partial charge on any atom is -0.458 e. The number of esters is 1. The number of fused-ring (bicyclic) bond motifs is 8. The lowest BCUT2D eigenvalue weighted by atomic mass is 9.43. The molecule has 8 aliphatic carbocycles. The van der Waals surface area contributed by atoms with Gasteiger partial charge in [-0.2, -0.15) is 7.74 Å². The maximum Gasteiger partial charge on any atom is 0.339 e. The third-order valence-corrected chi connectivity index (χ3v) is 24.4. The molecular weight excluding hydrogens is 888 g/mol. The molecule has 0 amide bonds. The third kappa shape index (κ3) is 10.1. The molecule has 9 rings (SSSR count). The van der Waals surface area contributed by atoms with Gasteiger partial charge in [-0.15, -0.1) is 0 Å². The van der Waals surface area contributed by atoms with E-state index in [0.717, 1.165) is 42.9 Å². The lowest BCUT2D eigenvalue weighted by Gasteiger charge is -2.62. The van der Waals surface area contributed by atoms with Gasteiger partial charge < -0.3 is 9.84 Å². The molecule has 2 unspecified atom stereocenters. The summed E-state index contributed by atoms with van der Waals surface area (Å²) in [4.78, 5) is 17.1. The average molecular weight is 999 g/mol. The molecule has 2 radical (unpaired) electrons. The fraction of sp³-hybridized carbons (Fsp3) is 0.791. The Morgan fingerprint density at radius 3 is 1.55 bits per heavy atom. The number of aromatic nitrogens is 1. The first-order valence-electron chi connectivity index (χ1n) is 29.2. The van der Waals surface area contributed by atoms with Crippen molar-refractivity contribution in [2.75, 3.05) is 0 Å². The van der Waals surface area contributed by atoms with Crippen molar-refractivity contribution in [3.63, 3.8) is 0 Å². The fourth-order valence-corrected chi connectivity index (χ4v) is 19.8. The number of aliphatic hydroxyl groups is 1. The second kappa shape index (κ2) is 22.2. The lowest BCUT2D eigenvalue weighted by Crippen LogP contribution is -2.55. The van der Waals surface area contributed by atoms with Gasteiger partial charge in [-0.1, -0.05) is 144 Å². The van der Waals surface area contributed by atoms with E-state index in [2.05, 4.69) is 128 Å². The van der Waals surface area contributed by atoms with Gasteiger partial charge in [-0.25, -0.2) is 4.79 Å². The molecule has 6 heteroatoms. The molecule has 4 fully saturated rings. The van der Waals surface area contributed by atoms with Gasteiger partial charge in [0, 0.05) is 17.8 Å². The Balaban J connectivity index is 0.000000233. The maximum absolute atomic E-state index is 13.0. The quantitative estimate of drug-likeness (QED) is 0.144. The van der Waals surface area contributed by atoms with Crippen molar-refractivity contribution in [3.8, 4) is 0 Å². The molecule has 8 aliphatic rings.